The van der Waals surface area contributed by atoms with Crippen molar-refractivity contribution in [2.45, 2.75) is 19.5 Å². The molecule has 2 amide bonds. The van der Waals surface area contributed by atoms with Crippen LogP contribution in [-0.4, -0.2) is 37.8 Å². The largest absolute Gasteiger partial charge is 0.349 e. The molecule has 1 N–H and O–H groups in total. The number of benzene rings is 1. The molecule has 1 atom stereocenters. The van der Waals surface area contributed by atoms with Crippen LogP contribution >= 0.6 is 0 Å². The van der Waals surface area contributed by atoms with Gasteiger partial charge in [0.2, 0.25) is 11.8 Å². The number of hydrogen-bond donors (Lipinski definition) is 1. The number of rotatable bonds is 5. The van der Waals surface area contributed by atoms with Crippen LogP contribution in [0.1, 0.15) is 17.9 Å². The van der Waals surface area contributed by atoms with Crippen molar-refractivity contribution in [3.63, 3.8) is 0 Å². The van der Waals surface area contributed by atoms with Crippen molar-refractivity contribution in [2.75, 3.05) is 6.54 Å². The number of nitrogens with one attached hydrogen (secondary N) is 1. The summed E-state index contributed by atoms with van der Waals surface area (Å²) in [6.07, 6.45) is 1.94. The Hall–Kier alpha value is -3.22. The van der Waals surface area contributed by atoms with E-state index in [0.29, 0.717) is 19.6 Å². The molecule has 0 aliphatic carbocycles. The third kappa shape index (κ3) is 3.53. The highest BCUT2D eigenvalue weighted by Crippen LogP contribution is 2.20. The fourth-order valence-electron chi connectivity index (χ4n) is 3.45. The summed E-state index contributed by atoms with van der Waals surface area (Å²) in [5.41, 5.74) is 2.76. The Labute approximate surface area is 157 Å². The van der Waals surface area contributed by atoms with Gasteiger partial charge in [-0.3, -0.25) is 14.6 Å². The molecule has 7 nitrogen and oxygen atoms in total. The number of carbonyl (C=O) groups is 2. The normalized spacial score (nSPS) is 16.9. The van der Waals surface area contributed by atoms with Crippen LogP contribution in [0.3, 0.4) is 0 Å². The minimum atomic E-state index is -0.337. The van der Waals surface area contributed by atoms with E-state index < -0.39 is 0 Å². The maximum absolute atomic E-state index is 12.5. The van der Waals surface area contributed by atoms with Crippen molar-refractivity contribution < 1.29 is 9.59 Å². The van der Waals surface area contributed by atoms with Gasteiger partial charge in [-0.1, -0.05) is 18.2 Å². The summed E-state index contributed by atoms with van der Waals surface area (Å²) in [5, 5.41) is 2.93. The molecule has 1 aliphatic rings. The second-order valence-electron chi connectivity index (χ2n) is 6.79. The number of amides is 2. The van der Waals surface area contributed by atoms with Crippen molar-refractivity contribution in [1.29, 1.82) is 0 Å². The van der Waals surface area contributed by atoms with E-state index in [2.05, 4.69) is 15.3 Å². The molecule has 3 aromatic rings. The van der Waals surface area contributed by atoms with E-state index in [0.717, 1.165) is 22.6 Å². The SMILES string of the molecule is Cn1c(CNC(=O)[C@H]2CC(=O)N(Cc3ccccn3)C2)nc2ccccc21. The van der Waals surface area contributed by atoms with Gasteiger partial charge in [-0.15, -0.1) is 0 Å². The van der Waals surface area contributed by atoms with Gasteiger partial charge in [-0.05, 0) is 24.3 Å². The second kappa shape index (κ2) is 7.19. The van der Waals surface area contributed by atoms with E-state index in [9.17, 15) is 9.59 Å². The monoisotopic (exact) mass is 363 g/mol. The minimum Gasteiger partial charge on any atom is -0.349 e. The smallest absolute Gasteiger partial charge is 0.225 e. The standard InChI is InChI=1S/C20H21N5O2/c1-24-17-8-3-2-7-16(17)23-18(24)11-22-20(27)14-10-19(26)25(12-14)13-15-6-4-5-9-21-15/h2-9,14H,10-13H2,1H3,(H,22,27)/t14-/m0/s1. The molecule has 0 unspecified atom stereocenters. The average Bonchev–Trinajstić information content (AvgIpc) is 3.21. The van der Waals surface area contributed by atoms with Crippen LogP contribution in [-0.2, 0) is 29.7 Å². The summed E-state index contributed by atoms with van der Waals surface area (Å²) in [4.78, 5) is 35.3. The first-order chi connectivity index (χ1) is 13.1. The molecule has 0 bridgehead atoms. The van der Waals surface area contributed by atoms with E-state index in [-0.39, 0.29) is 24.2 Å². The van der Waals surface area contributed by atoms with Crippen LogP contribution in [0.5, 0.6) is 0 Å². The Bertz CT molecular complexity index is 982. The number of fused-ring (bicyclic) bond motifs is 1. The molecule has 1 aliphatic heterocycles. The molecule has 1 aromatic carbocycles. The molecule has 3 heterocycles. The highest BCUT2D eigenvalue weighted by atomic mass is 16.2. The number of likely N-dealkylation sites (tertiary alicyclic amines) is 1. The predicted molar refractivity (Wildman–Crippen MR) is 100 cm³/mol. The van der Waals surface area contributed by atoms with Gasteiger partial charge in [0.15, 0.2) is 0 Å². The minimum absolute atomic E-state index is 0.0106. The molecule has 0 saturated carbocycles. The Morgan fingerprint density at radius 3 is 2.81 bits per heavy atom. The van der Waals surface area contributed by atoms with E-state index in [1.807, 2.05) is 54.1 Å². The van der Waals surface area contributed by atoms with Crippen molar-refractivity contribution in [3.05, 3.63) is 60.2 Å². The lowest BCUT2D eigenvalue weighted by Gasteiger charge is -2.16. The van der Waals surface area contributed by atoms with Crippen molar-refractivity contribution in [2.24, 2.45) is 13.0 Å². The molecule has 1 fully saturated rings. The number of pyridine rings is 1. The number of hydrogen-bond acceptors (Lipinski definition) is 4. The zero-order valence-corrected chi connectivity index (χ0v) is 15.1. The zero-order chi connectivity index (χ0) is 18.8. The highest BCUT2D eigenvalue weighted by molar-refractivity contribution is 5.89. The van der Waals surface area contributed by atoms with E-state index >= 15 is 0 Å². The van der Waals surface area contributed by atoms with Gasteiger partial charge in [0, 0.05) is 26.2 Å². The van der Waals surface area contributed by atoms with Gasteiger partial charge >= 0.3 is 0 Å². The number of carbonyl (C=O) groups excluding carboxylic acids is 2. The fourth-order valence-corrected chi connectivity index (χ4v) is 3.45. The molecule has 2 aromatic heterocycles. The maximum atomic E-state index is 12.5. The first-order valence-electron chi connectivity index (χ1n) is 8.97. The lowest BCUT2D eigenvalue weighted by molar-refractivity contribution is -0.129. The fraction of sp³-hybridized carbons (Fsp3) is 0.300. The Morgan fingerprint density at radius 2 is 2.04 bits per heavy atom. The van der Waals surface area contributed by atoms with Gasteiger partial charge in [0.05, 0.1) is 35.7 Å². The maximum Gasteiger partial charge on any atom is 0.225 e. The van der Waals surface area contributed by atoms with Gasteiger partial charge in [0.25, 0.3) is 0 Å². The highest BCUT2D eigenvalue weighted by Gasteiger charge is 2.34. The van der Waals surface area contributed by atoms with Crippen LogP contribution in [0.2, 0.25) is 0 Å². The van der Waals surface area contributed by atoms with Gasteiger partial charge in [0.1, 0.15) is 5.82 Å². The Balaban J connectivity index is 1.37. The molecule has 0 radical (unpaired) electrons. The predicted octanol–water partition coefficient (Wildman–Crippen LogP) is 1.63. The lowest BCUT2D eigenvalue weighted by atomic mass is 10.1. The average molecular weight is 363 g/mol. The third-order valence-corrected chi connectivity index (χ3v) is 4.96. The number of para-hydroxylation sites is 2. The van der Waals surface area contributed by atoms with Crippen LogP contribution in [0.25, 0.3) is 11.0 Å². The quantitative estimate of drug-likeness (QED) is 0.747. The Kier molecular flexibility index (Phi) is 4.58. The van der Waals surface area contributed by atoms with Crippen LogP contribution in [0, 0.1) is 5.92 Å². The number of nitrogens with zero attached hydrogens (tertiary/aromatic N) is 4. The molecule has 138 valence electrons. The molecule has 4 rings (SSSR count). The van der Waals surface area contributed by atoms with Gasteiger partial charge < -0.3 is 14.8 Å². The molecular formula is C20H21N5O2. The summed E-state index contributed by atoms with van der Waals surface area (Å²) in [7, 11) is 1.94. The Morgan fingerprint density at radius 1 is 1.22 bits per heavy atom. The zero-order valence-electron chi connectivity index (χ0n) is 15.1. The topological polar surface area (TPSA) is 80.1 Å². The number of aryl methyl sites for hydroxylation is 1. The number of aromatic nitrogens is 3. The lowest BCUT2D eigenvalue weighted by Crippen LogP contribution is -2.33. The molecular weight excluding hydrogens is 342 g/mol. The molecule has 7 heteroatoms. The van der Waals surface area contributed by atoms with Gasteiger partial charge in [-0.25, -0.2) is 4.98 Å². The summed E-state index contributed by atoms with van der Waals surface area (Å²) in [6.45, 7) is 1.20. The van der Waals surface area contributed by atoms with Crippen molar-refractivity contribution >= 4 is 22.8 Å². The summed E-state index contributed by atoms with van der Waals surface area (Å²) < 4.78 is 1.97. The molecule has 0 spiro atoms. The van der Waals surface area contributed by atoms with Crippen LogP contribution in [0.15, 0.2) is 48.7 Å². The van der Waals surface area contributed by atoms with Crippen LogP contribution < -0.4 is 5.32 Å². The first kappa shape index (κ1) is 17.2. The van der Waals surface area contributed by atoms with Crippen molar-refractivity contribution in [3.8, 4) is 0 Å². The molecule has 1 saturated heterocycles. The third-order valence-electron chi connectivity index (χ3n) is 4.96. The van der Waals surface area contributed by atoms with E-state index in [1.165, 1.54) is 0 Å². The number of imidazole rings is 1. The first-order valence-corrected chi connectivity index (χ1v) is 8.97. The molecule has 27 heavy (non-hydrogen) atoms. The van der Waals surface area contributed by atoms with E-state index in [1.54, 1.807) is 11.1 Å². The van der Waals surface area contributed by atoms with Crippen molar-refractivity contribution in [1.82, 2.24) is 24.8 Å². The van der Waals surface area contributed by atoms with Crippen LogP contribution in [0.4, 0.5) is 0 Å². The van der Waals surface area contributed by atoms with Gasteiger partial charge in [-0.2, -0.15) is 0 Å². The summed E-state index contributed by atoms with van der Waals surface area (Å²) in [5.74, 6) is 0.331. The second-order valence-corrected chi connectivity index (χ2v) is 6.79. The van der Waals surface area contributed by atoms with E-state index in [4.69, 9.17) is 0 Å². The summed E-state index contributed by atoms with van der Waals surface area (Å²) >= 11 is 0. The summed E-state index contributed by atoms with van der Waals surface area (Å²) in [6, 6.07) is 13.5.